The number of rotatable bonds is 5. The number of hydrogen-bond donors (Lipinski definition) is 2. The van der Waals surface area contributed by atoms with Gasteiger partial charge in [0.05, 0.1) is 36.5 Å². The highest BCUT2D eigenvalue weighted by molar-refractivity contribution is 7.43. The Kier molecular flexibility index (Phi) is 4.60. The lowest BCUT2D eigenvalue weighted by Crippen LogP contribution is -2.34. The van der Waals surface area contributed by atoms with Crippen molar-refractivity contribution in [2.45, 2.75) is 24.5 Å². The molecule has 3 rings (SSSR count). The van der Waals surface area contributed by atoms with Crippen LogP contribution in [0, 0.1) is 10.1 Å². The molecule has 1 aromatic heterocycles. The van der Waals surface area contributed by atoms with Crippen LogP contribution < -0.4 is 9.79 Å². The average Bonchev–Trinajstić information content (AvgIpc) is 3.07. The quantitative estimate of drug-likeness (QED) is 0.352. The number of nitrogens with zero attached hydrogens (tertiary/aromatic N) is 3. The van der Waals surface area contributed by atoms with E-state index in [9.17, 15) is 34.7 Å². The molecule has 1 aromatic carbocycles. The second-order valence-corrected chi connectivity index (χ2v) is 6.50. The number of nitro groups is 1. The molecule has 1 saturated heterocycles. The highest BCUT2D eigenvalue weighted by Gasteiger charge is 2.44. The first-order valence-electron chi connectivity index (χ1n) is 6.98. The Morgan fingerprint density at radius 1 is 1.36 bits per heavy atom. The van der Waals surface area contributed by atoms with E-state index in [2.05, 4.69) is 9.62 Å². The second-order valence-electron chi connectivity index (χ2n) is 5.35. The van der Waals surface area contributed by atoms with Crippen molar-refractivity contribution >= 4 is 24.4 Å². The third-order valence-electron chi connectivity index (χ3n) is 3.79. The molecule has 0 bridgehead atoms. The molecule has 1 aliphatic rings. The van der Waals surface area contributed by atoms with Gasteiger partial charge in [0.2, 0.25) is 0 Å². The van der Waals surface area contributed by atoms with Gasteiger partial charge in [-0.2, -0.15) is 5.10 Å². The minimum Gasteiger partial charge on any atom is -0.790 e. The summed E-state index contributed by atoms with van der Waals surface area (Å²) in [5, 5.41) is 35.2. The van der Waals surface area contributed by atoms with Gasteiger partial charge in [-0.15, -0.1) is 0 Å². The molecule has 0 aliphatic carbocycles. The van der Waals surface area contributed by atoms with Crippen LogP contribution in [-0.2, 0) is 13.8 Å². The maximum Gasteiger partial charge on any atom is 0.280 e. The van der Waals surface area contributed by atoms with E-state index >= 15 is 0 Å². The predicted molar refractivity (Wildman–Crippen MR) is 75.9 cm³/mol. The maximum absolute atomic E-state index is 11.0. The number of aromatic nitrogens is 2. The van der Waals surface area contributed by atoms with Crippen LogP contribution in [0.15, 0.2) is 24.4 Å². The highest BCUT2D eigenvalue weighted by atomic mass is 31.2. The first-order valence-corrected chi connectivity index (χ1v) is 8.44. The third-order valence-corrected chi connectivity index (χ3v) is 4.26. The van der Waals surface area contributed by atoms with E-state index in [0.717, 1.165) is 4.68 Å². The molecule has 13 heteroatoms. The third kappa shape index (κ3) is 3.41. The lowest BCUT2D eigenvalue weighted by Gasteiger charge is -2.30. The Balaban J connectivity index is 1.89. The molecule has 1 fully saturated rings. The Labute approximate surface area is 139 Å². The molecule has 25 heavy (non-hydrogen) atoms. The Morgan fingerprint density at radius 2 is 2.08 bits per heavy atom. The molecule has 0 unspecified atom stereocenters. The molecule has 0 saturated carbocycles. The van der Waals surface area contributed by atoms with E-state index in [0.29, 0.717) is 0 Å². The number of phosphoric ester groups is 1. The molecule has 2 N–H and O–H groups in total. The topological polar surface area (TPSA) is 183 Å². The minimum absolute atomic E-state index is 0.195. The van der Waals surface area contributed by atoms with Gasteiger partial charge in [-0.25, -0.2) is 4.68 Å². The predicted octanol–water partition coefficient (Wildman–Crippen LogP) is -1.59. The molecule has 0 amide bonds. The monoisotopic (exact) mass is 373 g/mol. The van der Waals surface area contributed by atoms with E-state index in [4.69, 9.17) is 4.74 Å². The molecule has 2 aromatic rings. The number of aliphatic hydroxyl groups excluding tert-OH is 2. The number of phosphoric acid groups is 1. The summed E-state index contributed by atoms with van der Waals surface area (Å²) in [6.45, 7) is -0.779. The number of non-ortho nitro benzene ring substituents is 1. The smallest absolute Gasteiger partial charge is 0.280 e. The number of ether oxygens (including phenoxy) is 1. The summed E-state index contributed by atoms with van der Waals surface area (Å²) >= 11 is 0. The zero-order valence-electron chi connectivity index (χ0n) is 12.4. The van der Waals surface area contributed by atoms with Crippen LogP contribution in [0.4, 0.5) is 5.69 Å². The number of hydrogen-bond acceptors (Lipinski definition) is 10. The summed E-state index contributed by atoms with van der Waals surface area (Å²) in [5.41, 5.74) is 0.0701. The van der Waals surface area contributed by atoms with Crippen molar-refractivity contribution in [3.8, 4) is 0 Å². The van der Waals surface area contributed by atoms with Gasteiger partial charge in [0.25, 0.3) is 5.69 Å². The van der Waals surface area contributed by atoms with Crippen molar-refractivity contribution in [1.29, 1.82) is 0 Å². The second kappa shape index (κ2) is 6.42. The van der Waals surface area contributed by atoms with Gasteiger partial charge in [0.15, 0.2) is 6.23 Å². The molecule has 12 nitrogen and oxygen atoms in total. The van der Waals surface area contributed by atoms with Crippen LogP contribution in [0.3, 0.4) is 0 Å². The standard InChI is InChI=1S/C12H14N3O9P/c16-10-9(5-23-25(20,21)22)24-12(11(10)17)14-7-2-1-3-8(15(18)19)6(7)4-13-14/h1-4,9-12,16-17H,5H2,(H2,20,21,22)/p-2/t9-,10-,11-,12-/m1/s1. The van der Waals surface area contributed by atoms with Gasteiger partial charge < -0.3 is 33.8 Å². The van der Waals surface area contributed by atoms with Crippen LogP contribution in [0.1, 0.15) is 6.23 Å². The summed E-state index contributed by atoms with van der Waals surface area (Å²) in [4.78, 5) is 31.5. The van der Waals surface area contributed by atoms with Crippen molar-refractivity contribution in [1.82, 2.24) is 9.78 Å². The van der Waals surface area contributed by atoms with Crippen molar-refractivity contribution < 1.29 is 38.7 Å². The number of benzene rings is 1. The molecule has 4 atom stereocenters. The average molecular weight is 373 g/mol. The van der Waals surface area contributed by atoms with Crippen molar-refractivity contribution in [3.05, 3.63) is 34.5 Å². The number of fused-ring (bicyclic) bond motifs is 1. The molecule has 2 heterocycles. The fourth-order valence-electron chi connectivity index (χ4n) is 2.65. The van der Waals surface area contributed by atoms with Gasteiger partial charge in [0.1, 0.15) is 18.3 Å². The highest BCUT2D eigenvalue weighted by Crippen LogP contribution is 2.35. The first-order chi connectivity index (χ1) is 11.7. The fraction of sp³-hybridized carbons (Fsp3) is 0.417. The van der Waals surface area contributed by atoms with Gasteiger partial charge in [-0.05, 0) is 6.07 Å². The van der Waals surface area contributed by atoms with E-state index in [-0.39, 0.29) is 16.6 Å². The van der Waals surface area contributed by atoms with Crippen LogP contribution in [0.5, 0.6) is 0 Å². The Bertz CT molecular complexity index is 849. The lowest BCUT2D eigenvalue weighted by molar-refractivity contribution is -0.383. The molecule has 0 spiro atoms. The first kappa shape index (κ1) is 17.9. The lowest BCUT2D eigenvalue weighted by atomic mass is 10.1. The van der Waals surface area contributed by atoms with Crippen molar-refractivity contribution in [3.63, 3.8) is 0 Å². The van der Waals surface area contributed by atoms with Crippen LogP contribution in [0.25, 0.3) is 10.9 Å². The molecule has 1 aliphatic heterocycles. The van der Waals surface area contributed by atoms with Crippen LogP contribution in [-0.4, -0.2) is 49.8 Å². The number of nitro benzene ring substituents is 1. The van der Waals surface area contributed by atoms with Crippen LogP contribution in [0.2, 0.25) is 0 Å². The minimum atomic E-state index is -5.27. The van der Waals surface area contributed by atoms with Gasteiger partial charge >= 0.3 is 0 Å². The SMILES string of the molecule is O=[N+]([O-])c1cccc2c1cnn2[C@@H]1O[C@H](COP(=O)([O-])[O-])[C@@H](O)[C@H]1O. The molecule has 136 valence electrons. The normalized spacial score (nSPS) is 27.0. The summed E-state index contributed by atoms with van der Waals surface area (Å²) in [6, 6.07) is 4.21. The zero-order valence-corrected chi connectivity index (χ0v) is 13.3. The van der Waals surface area contributed by atoms with Crippen LogP contribution >= 0.6 is 7.82 Å². The summed E-state index contributed by atoms with van der Waals surface area (Å²) in [5.74, 6) is 0. The molecule has 0 radical (unpaired) electrons. The largest absolute Gasteiger partial charge is 0.790 e. The van der Waals surface area contributed by atoms with E-state index in [1.165, 1.54) is 24.4 Å². The Morgan fingerprint density at radius 3 is 2.72 bits per heavy atom. The van der Waals surface area contributed by atoms with E-state index < -0.39 is 43.9 Å². The van der Waals surface area contributed by atoms with Gasteiger partial charge in [-0.1, -0.05) is 6.07 Å². The summed E-state index contributed by atoms with van der Waals surface area (Å²) in [6.07, 6.45) is -4.40. The zero-order chi connectivity index (χ0) is 18.4. The molecular weight excluding hydrogens is 361 g/mol. The van der Waals surface area contributed by atoms with E-state index in [1.54, 1.807) is 0 Å². The maximum atomic E-state index is 11.0. The summed E-state index contributed by atoms with van der Waals surface area (Å²) in [7, 11) is -5.27. The fourth-order valence-corrected chi connectivity index (χ4v) is 2.98. The van der Waals surface area contributed by atoms with Gasteiger partial charge in [0, 0.05) is 6.07 Å². The van der Waals surface area contributed by atoms with Crippen molar-refractivity contribution in [2.24, 2.45) is 0 Å². The van der Waals surface area contributed by atoms with E-state index in [1.807, 2.05) is 0 Å². The van der Waals surface area contributed by atoms with Crippen molar-refractivity contribution in [2.75, 3.05) is 6.61 Å². The van der Waals surface area contributed by atoms with Gasteiger partial charge in [-0.3, -0.25) is 10.1 Å². The Hall–Kier alpha value is -1.92. The summed E-state index contributed by atoms with van der Waals surface area (Å²) < 4.78 is 21.1. The number of aliphatic hydroxyl groups is 2. The molecular formula is C12H12N3O9P-2.